The van der Waals surface area contributed by atoms with Crippen molar-refractivity contribution >= 4 is 17.9 Å². The Hall–Kier alpha value is -4.19. The Morgan fingerprint density at radius 3 is 0.795 bits per heavy atom. The number of hydrogen-bond acceptors (Lipinski definition) is 6. The smallest absolute Gasteiger partial charge is 0.306 e. The Balaban J connectivity index is 4.31. The maximum absolute atomic E-state index is 12.9. The highest BCUT2D eigenvalue weighted by Gasteiger charge is 2.19. The van der Waals surface area contributed by atoms with Crippen molar-refractivity contribution in [3.8, 4) is 0 Å². The number of rotatable bonds is 63. The Bertz CT molecular complexity index is 1700. The van der Waals surface area contributed by atoms with E-state index in [0.717, 1.165) is 116 Å². The fraction of sp³-hybridized carbons (Fsp3) is 0.701. The van der Waals surface area contributed by atoms with Gasteiger partial charge in [0.1, 0.15) is 13.2 Å². The van der Waals surface area contributed by atoms with Crippen LogP contribution in [0, 0.1) is 0 Å². The van der Waals surface area contributed by atoms with Crippen LogP contribution in [0.1, 0.15) is 329 Å². The molecule has 1 atom stereocenters. The molecule has 0 aromatic heterocycles. The Kier molecular flexibility index (Phi) is 66.7. The molecule has 0 radical (unpaired) electrons. The van der Waals surface area contributed by atoms with E-state index in [1.54, 1.807) is 0 Å². The van der Waals surface area contributed by atoms with Crippen LogP contribution >= 0.6 is 0 Å². The predicted molar refractivity (Wildman–Crippen MR) is 362 cm³/mol. The summed E-state index contributed by atoms with van der Waals surface area (Å²) in [6.07, 6.45) is 98.3. The molecule has 474 valence electrons. The number of allylic oxidation sites excluding steroid dienone is 20. The SMILES string of the molecule is CC/C=C\C/C=C\C/C=C\C/C=C\C/C=C\C/C=C\CCC(=O)OC(COC(=O)CCCCCCC/C=C\C/C=C\C/C=C\CC)COC(=O)CCCCCCCCCCCCCCCCCCCCC/C=C\CCCCCCCCCC. The van der Waals surface area contributed by atoms with E-state index in [1.807, 2.05) is 6.08 Å². The molecule has 6 heteroatoms. The quantitative estimate of drug-likeness (QED) is 0.0261. The zero-order valence-electron chi connectivity index (χ0n) is 54.4. The fourth-order valence-corrected chi connectivity index (χ4v) is 9.77. The van der Waals surface area contributed by atoms with Crippen LogP contribution in [-0.2, 0) is 28.6 Å². The molecule has 0 aromatic rings. The minimum absolute atomic E-state index is 0.114. The highest BCUT2D eigenvalue weighted by atomic mass is 16.6. The van der Waals surface area contributed by atoms with Crippen LogP contribution in [0.15, 0.2) is 122 Å². The second-order valence-corrected chi connectivity index (χ2v) is 23.0. The van der Waals surface area contributed by atoms with Gasteiger partial charge in [0, 0.05) is 19.3 Å². The minimum Gasteiger partial charge on any atom is -0.462 e. The van der Waals surface area contributed by atoms with Gasteiger partial charge in [0.2, 0.25) is 0 Å². The van der Waals surface area contributed by atoms with Crippen LogP contribution in [0.4, 0.5) is 0 Å². The molecule has 0 saturated heterocycles. The van der Waals surface area contributed by atoms with Gasteiger partial charge in [-0.25, -0.2) is 0 Å². The second kappa shape index (κ2) is 70.3. The van der Waals surface area contributed by atoms with Crippen molar-refractivity contribution < 1.29 is 28.6 Å². The summed E-state index contributed by atoms with van der Waals surface area (Å²) < 4.78 is 16.9. The zero-order chi connectivity index (χ0) is 59.9. The van der Waals surface area contributed by atoms with Crippen molar-refractivity contribution in [3.63, 3.8) is 0 Å². The Labute approximate surface area is 513 Å². The van der Waals surface area contributed by atoms with Crippen molar-refractivity contribution in [1.82, 2.24) is 0 Å². The van der Waals surface area contributed by atoms with E-state index in [2.05, 4.69) is 136 Å². The highest BCUT2D eigenvalue weighted by molar-refractivity contribution is 5.71. The summed E-state index contributed by atoms with van der Waals surface area (Å²) in [4.78, 5) is 38.4. The van der Waals surface area contributed by atoms with Crippen molar-refractivity contribution in [2.45, 2.75) is 335 Å². The van der Waals surface area contributed by atoms with E-state index in [0.29, 0.717) is 19.3 Å². The summed E-state index contributed by atoms with van der Waals surface area (Å²) in [5.41, 5.74) is 0. The van der Waals surface area contributed by atoms with Crippen LogP contribution in [0.25, 0.3) is 0 Å². The molecule has 0 heterocycles. The summed E-state index contributed by atoms with van der Waals surface area (Å²) in [5.74, 6) is -1.01. The van der Waals surface area contributed by atoms with Crippen molar-refractivity contribution in [1.29, 1.82) is 0 Å². The number of hydrogen-bond donors (Lipinski definition) is 0. The average Bonchev–Trinajstić information content (AvgIpc) is 3.49. The summed E-state index contributed by atoms with van der Waals surface area (Å²) in [6.45, 7) is 6.37. The topological polar surface area (TPSA) is 78.9 Å². The molecule has 0 aliphatic rings. The van der Waals surface area contributed by atoms with Crippen molar-refractivity contribution in [2.24, 2.45) is 0 Å². The van der Waals surface area contributed by atoms with Gasteiger partial charge in [-0.15, -0.1) is 0 Å². The number of carbonyl (C=O) groups is 3. The summed E-state index contributed by atoms with van der Waals surface area (Å²) in [6, 6.07) is 0. The molecule has 0 aromatic carbocycles. The third kappa shape index (κ3) is 68.5. The lowest BCUT2D eigenvalue weighted by atomic mass is 10.0. The largest absolute Gasteiger partial charge is 0.462 e. The third-order valence-electron chi connectivity index (χ3n) is 14.9. The van der Waals surface area contributed by atoms with Gasteiger partial charge in [0.25, 0.3) is 0 Å². The van der Waals surface area contributed by atoms with Crippen LogP contribution < -0.4 is 0 Å². The molecule has 0 aliphatic heterocycles. The van der Waals surface area contributed by atoms with E-state index in [-0.39, 0.29) is 31.6 Å². The van der Waals surface area contributed by atoms with Gasteiger partial charge >= 0.3 is 17.9 Å². The lowest BCUT2D eigenvalue weighted by molar-refractivity contribution is -0.166. The number of unbranched alkanes of at least 4 members (excludes halogenated alkanes) is 32. The Morgan fingerprint density at radius 2 is 0.494 bits per heavy atom. The average molecular weight is 1150 g/mol. The molecule has 83 heavy (non-hydrogen) atoms. The zero-order valence-corrected chi connectivity index (χ0v) is 54.4. The van der Waals surface area contributed by atoms with Gasteiger partial charge in [-0.3, -0.25) is 14.4 Å². The monoisotopic (exact) mass is 1150 g/mol. The first-order chi connectivity index (χ1) is 41.0. The van der Waals surface area contributed by atoms with Crippen LogP contribution in [0.2, 0.25) is 0 Å². The first-order valence-corrected chi connectivity index (χ1v) is 35.0. The molecule has 0 spiro atoms. The first kappa shape index (κ1) is 78.8. The molecule has 0 aliphatic carbocycles. The molecule has 6 nitrogen and oxygen atoms in total. The molecule has 0 saturated carbocycles. The summed E-state index contributed by atoms with van der Waals surface area (Å²) >= 11 is 0. The van der Waals surface area contributed by atoms with E-state index < -0.39 is 12.1 Å². The molecule has 0 bridgehead atoms. The van der Waals surface area contributed by atoms with Crippen LogP contribution in [0.5, 0.6) is 0 Å². The summed E-state index contributed by atoms with van der Waals surface area (Å²) in [7, 11) is 0. The molecular weight excluding hydrogens is 1020 g/mol. The lowest BCUT2D eigenvalue weighted by Gasteiger charge is -2.18. The maximum Gasteiger partial charge on any atom is 0.306 e. The van der Waals surface area contributed by atoms with E-state index in [9.17, 15) is 14.4 Å². The van der Waals surface area contributed by atoms with Gasteiger partial charge < -0.3 is 14.2 Å². The van der Waals surface area contributed by atoms with Gasteiger partial charge in [-0.1, -0.05) is 316 Å². The third-order valence-corrected chi connectivity index (χ3v) is 14.9. The van der Waals surface area contributed by atoms with Gasteiger partial charge in [0.15, 0.2) is 6.10 Å². The van der Waals surface area contributed by atoms with E-state index >= 15 is 0 Å². The lowest BCUT2D eigenvalue weighted by Crippen LogP contribution is -2.30. The van der Waals surface area contributed by atoms with E-state index in [1.165, 1.54) is 167 Å². The number of esters is 3. The van der Waals surface area contributed by atoms with Crippen molar-refractivity contribution in [2.75, 3.05) is 13.2 Å². The van der Waals surface area contributed by atoms with Gasteiger partial charge in [0.05, 0.1) is 0 Å². The number of carbonyl (C=O) groups excluding carboxylic acids is 3. The fourth-order valence-electron chi connectivity index (χ4n) is 9.77. The van der Waals surface area contributed by atoms with E-state index in [4.69, 9.17) is 14.2 Å². The molecule has 1 unspecified atom stereocenters. The predicted octanol–water partition coefficient (Wildman–Crippen LogP) is 24.3. The number of ether oxygens (including phenoxy) is 3. The molecule has 0 fully saturated rings. The standard InChI is InChI=1S/C77H130O6/c1-4-7-10-13-16-19-22-25-28-30-32-33-34-35-36-37-38-39-40-41-42-43-45-46-49-52-55-58-61-64-67-70-76(79)82-73-74(72-81-75(78)69-66-63-60-57-54-51-48-27-24-21-18-15-12-9-6-3)83-77(80)71-68-65-62-59-56-53-50-47-44-31-29-26-23-20-17-14-11-8-5-2/h8-9,11-12,17-18,20-21,26-27,29-30,32,44,47-48,53,56,62,65,74H,4-7,10,13-16,19,22-25,28,31,33-43,45-46,49-52,54-55,57-61,63-64,66-73H2,1-3H3/b11-8-,12-9-,20-17-,21-18-,29-26-,32-30-,47-44-,48-27-,56-53-,65-62-. The van der Waals surface area contributed by atoms with Gasteiger partial charge in [-0.05, 0) is 116 Å². The summed E-state index contributed by atoms with van der Waals surface area (Å²) in [5, 5.41) is 0. The first-order valence-electron chi connectivity index (χ1n) is 35.0. The van der Waals surface area contributed by atoms with Crippen molar-refractivity contribution in [3.05, 3.63) is 122 Å². The highest BCUT2D eigenvalue weighted by Crippen LogP contribution is 2.17. The minimum atomic E-state index is -0.830. The van der Waals surface area contributed by atoms with Crippen LogP contribution in [-0.4, -0.2) is 37.2 Å². The second-order valence-electron chi connectivity index (χ2n) is 23.0. The molecule has 0 N–H and O–H groups in total. The normalized spacial score (nSPS) is 12.9. The maximum atomic E-state index is 12.9. The van der Waals surface area contributed by atoms with Gasteiger partial charge in [-0.2, -0.15) is 0 Å². The molecule has 0 amide bonds. The van der Waals surface area contributed by atoms with Crippen LogP contribution in [0.3, 0.4) is 0 Å². The molecular formula is C77H130O6. The Morgan fingerprint density at radius 1 is 0.253 bits per heavy atom. The molecule has 0 rings (SSSR count).